The first-order valence-corrected chi connectivity index (χ1v) is 24.4. The Morgan fingerprint density at radius 3 is 2.22 bits per heavy atom. The highest BCUT2D eigenvalue weighted by molar-refractivity contribution is 6.31. The van der Waals surface area contributed by atoms with E-state index in [0.717, 1.165) is 40.0 Å². The van der Waals surface area contributed by atoms with Crippen LogP contribution in [0.1, 0.15) is 62.4 Å². The van der Waals surface area contributed by atoms with E-state index >= 15 is 0 Å². The Kier molecular flexibility index (Phi) is 19.7. The van der Waals surface area contributed by atoms with Gasteiger partial charge in [-0.15, -0.1) is 5.10 Å². The smallest absolute Gasteiger partial charge is 0.394 e. The summed E-state index contributed by atoms with van der Waals surface area (Å²) in [6, 6.07) is 5.60. The van der Waals surface area contributed by atoms with Crippen LogP contribution in [0.25, 0.3) is 11.3 Å². The molecular formula is C48H49Cl2F5N10O13. The number of nitrogens with one attached hydrogen (secondary N) is 3. The topological polar surface area (TPSA) is 310 Å². The highest BCUT2D eigenvalue weighted by Gasteiger charge is 2.50. The lowest BCUT2D eigenvalue weighted by Crippen LogP contribution is -2.59. The van der Waals surface area contributed by atoms with E-state index in [0.29, 0.717) is 6.07 Å². The SMILES string of the molecule is CC(N)=NC(=Nc1cc(Cl)ccc1C(F)(F)F)[C@@H]1O[C@H](CO)[C@H](O)[C@H](n2cc(-c3cc(F)c(Cl)c(F)c3)nn2)[C@H]1OCC(=O)NCCOCCOCCOCCNC(=O)c1ccc2c(c1)C(=O)N(C1CCC(=O)NC1=O)C2=O. The molecule has 0 saturated carbocycles. The average molecular weight is 1140 g/mol. The molecule has 2 fully saturated rings. The molecule has 6 atom stereocenters. The van der Waals surface area contributed by atoms with Gasteiger partial charge in [0.2, 0.25) is 17.7 Å². The van der Waals surface area contributed by atoms with E-state index in [1.54, 1.807) is 0 Å². The second kappa shape index (κ2) is 26.2. The molecule has 7 rings (SSSR count). The van der Waals surface area contributed by atoms with E-state index in [2.05, 4.69) is 36.2 Å². The minimum atomic E-state index is -4.95. The number of piperidine rings is 1. The fourth-order valence-electron chi connectivity index (χ4n) is 8.32. The molecule has 7 N–H and O–H groups in total. The molecule has 1 unspecified atom stereocenters. The zero-order valence-corrected chi connectivity index (χ0v) is 42.4. The number of benzene rings is 3. The third-order valence-corrected chi connectivity index (χ3v) is 12.6. The summed E-state index contributed by atoms with van der Waals surface area (Å²) in [6.07, 6.45) is -10.5. The van der Waals surface area contributed by atoms with Crippen molar-refractivity contribution in [2.45, 2.75) is 62.4 Å². The number of nitrogens with two attached hydrogens (primary N) is 1. The number of aliphatic hydroxyl groups is 2. The van der Waals surface area contributed by atoms with E-state index in [1.165, 1.54) is 25.1 Å². The molecule has 0 radical (unpaired) electrons. The van der Waals surface area contributed by atoms with Gasteiger partial charge in [-0.25, -0.2) is 23.4 Å². The zero-order valence-electron chi connectivity index (χ0n) is 40.9. The second-order valence-electron chi connectivity index (χ2n) is 17.4. The molecule has 6 amide bonds. The summed E-state index contributed by atoms with van der Waals surface area (Å²) in [5.74, 6) is -7.06. The average Bonchev–Trinajstić information content (AvgIpc) is 4.07. The van der Waals surface area contributed by atoms with Crippen molar-refractivity contribution in [1.29, 1.82) is 0 Å². The lowest BCUT2D eigenvalue weighted by molar-refractivity contribution is -0.200. The molecule has 4 aromatic rings. The number of carbonyl (C=O) groups is 6. The van der Waals surface area contributed by atoms with Crippen molar-refractivity contribution < 1.29 is 84.6 Å². The van der Waals surface area contributed by atoms with E-state index in [4.69, 9.17) is 52.6 Å². The molecule has 0 spiro atoms. The van der Waals surface area contributed by atoms with Crippen LogP contribution in [-0.2, 0) is 44.2 Å². The summed E-state index contributed by atoms with van der Waals surface area (Å²) in [4.78, 5) is 85.0. The molecule has 3 aliphatic rings. The maximum absolute atomic E-state index is 14.5. The van der Waals surface area contributed by atoms with E-state index in [9.17, 15) is 60.9 Å². The number of ether oxygens (including phenoxy) is 5. The van der Waals surface area contributed by atoms with Crippen LogP contribution in [0.5, 0.6) is 0 Å². The lowest BCUT2D eigenvalue weighted by atomic mass is 9.91. The molecule has 4 heterocycles. The maximum Gasteiger partial charge on any atom is 0.418 e. The van der Waals surface area contributed by atoms with Crippen molar-refractivity contribution in [3.8, 4) is 11.3 Å². The van der Waals surface area contributed by atoms with Crippen LogP contribution in [0.2, 0.25) is 10.0 Å². The van der Waals surface area contributed by atoms with Crippen LogP contribution < -0.4 is 21.7 Å². The number of amides is 6. The van der Waals surface area contributed by atoms with Crippen molar-refractivity contribution in [3.63, 3.8) is 0 Å². The number of carbonyl (C=O) groups excluding carboxylic acids is 6. The Balaban J connectivity index is 0.891. The summed E-state index contributed by atoms with van der Waals surface area (Å²) >= 11 is 11.7. The molecule has 1 aromatic heterocycles. The molecule has 78 heavy (non-hydrogen) atoms. The van der Waals surface area contributed by atoms with Gasteiger partial charge in [0, 0.05) is 35.7 Å². The number of halogens is 7. The van der Waals surface area contributed by atoms with Gasteiger partial charge in [0.1, 0.15) is 65.5 Å². The molecule has 0 bridgehead atoms. The Morgan fingerprint density at radius 1 is 0.923 bits per heavy atom. The summed E-state index contributed by atoms with van der Waals surface area (Å²) in [5.41, 5.74) is 3.75. The highest BCUT2D eigenvalue weighted by atomic mass is 35.5. The second-order valence-corrected chi connectivity index (χ2v) is 18.2. The number of hydrogen-bond donors (Lipinski definition) is 6. The number of fused-ring (bicyclic) bond motifs is 1. The first-order chi connectivity index (χ1) is 37.2. The van der Waals surface area contributed by atoms with Gasteiger partial charge in [-0.3, -0.25) is 39.0 Å². The molecular weight excluding hydrogens is 1090 g/mol. The van der Waals surface area contributed by atoms with Crippen molar-refractivity contribution in [3.05, 3.63) is 98.7 Å². The minimum Gasteiger partial charge on any atom is -0.394 e. The van der Waals surface area contributed by atoms with E-state index in [-0.39, 0.29) is 104 Å². The van der Waals surface area contributed by atoms with Gasteiger partial charge in [0.15, 0.2) is 5.84 Å². The molecule has 0 aliphatic carbocycles. The predicted octanol–water partition coefficient (Wildman–Crippen LogP) is 2.70. The number of nitrogens with zero attached hydrogens (tertiary/aromatic N) is 6. The van der Waals surface area contributed by atoms with Gasteiger partial charge in [-0.2, -0.15) is 13.2 Å². The van der Waals surface area contributed by atoms with Crippen molar-refractivity contribution in [1.82, 2.24) is 35.8 Å². The standard InChI is InChI=1S/C48H49Cl2F5N10O13/c1-23(56)59-43(60-32-19-26(49)3-5-29(32)48(53,54)55)42-41(39(40(69)35(21-66)78-42)64-20-33(62-63-64)25-17-30(51)38(50)31(52)18-25)77-22-37(68)57-8-10-74-12-14-76-15-13-75-11-9-58-44(70)24-2-4-27-28(16-24)47(73)65(46(27)72)34-6-7-36(67)61-45(34)71/h2-5,16-20,34-35,39-42,66,69H,6-15,21-22H2,1H3,(H,57,68)(H,58,70)(H2,56,59,60)(H,61,67,71)/t34?,35-,39+,40+,41-,42-/m1/s1. The number of imide groups is 2. The van der Waals surface area contributed by atoms with Crippen molar-refractivity contribution in [2.24, 2.45) is 15.7 Å². The predicted molar refractivity (Wildman–Crippen MR) is 263 cm³/mol. The van der Waals surface area contributed by atoms with Crippen LogP contribution in [0.3, 0.4) is 0 Å². The van der Waals surface area contributed by atoms with Crippen LogP contribution in [0, 0.1) is 11.6 Å². The minimum absolute atomic E-state index is 0.00920. The van der Waals surface area contributed by atoms with Gasteiger partial charge in [0.25, 0.3) is 17.7 Å². The molecule has 23 nitrogen and oxygen atoms in total. The third kappa shape index (κ3) is 14.2. The van der Waals surface area contributed by atoms with Gasteiger partial charge < -0.3 is 50.3 Å². The Morgan fingerprint density at radius 2 is 1.58 bits per heavy atom. The van der Waals surface area contributed by atoms with Gasteiger partial charge in [-0.1, -0.05) is 28.4 Å². The first-order valence-electron chi connectivity index (χ1n) is 23.7. The Labute approximate surface area is 449 Å². The number of aromatic nitrogens is 3. The Hall–Kier alpha value is -6.89. The van der Waals surface area contributed by atoms with E-state index < -0.39 is 125 Å². The summed E-state index contributed by atoms with van der Waals surface area (Å²) in [6.45, 7) is 0.214. The zero-order chi connectivity index (χ0) is 56.4. The van der Waals surface area contributed by atoms with E-state index in [1.807, 2.05) is 0 Å². The molecule has 3 aromatic carbocycles. The number of hydrogen-bond acceptors (Lipinski definition) is 16. The summed E-state index contributed by atoms with van der Waals surface area (Å²) in [5, 5.41) is 36.3. The van der Waals surface area contributed by atoms with Crippen molar-refractivity contribution in [2.75, 3.05) is 65.9 Å². The van der Waals surface area contributed by atoms with Crippen LogP contribution in [-0.4, -0.2) is 174 Å². The number of rotatable bonds is 22. The molecule has 30 heteroatoms. The molecule has 3 aliphatic heterocycles. The Bertz CT molecular complexity index is 2960. The van der Waals surface area contributed by atoms with Gasteiger partial charge in [-0.05, 0) is 61.9 Å². The van der Waals surface area contributed by atoms with Crippen LogP contribution in [0.15, 0.2) is 64.7 Å². The highest BCUT2D eigenvalue weighted by Crippen LogP contribution is 2.40. The monoisotopic (exact) mass is 1140 g/mol. The van der Waals surface area contributed by atoms with Crippen LogP contribution in [0.4, 0.5) is 27.6 Å². The largest absolute Gasteiger partial charge is 0.418 e. The summed E-state index contributed by atoms with van der Waals surface area (Å²) in [7, 11) is 0. The van der Waals surface area contributed by atoms with Crippen LogP contribution >= 0.6 is 23.2 Å². The summed E-state index contributed by atoms with van der Waals surface area (Å²) < 4.78 is 101. The fraction of sp³-hybridized carbons (Fsp3) is 0.417. The number of aliphatic imine (C=N–C) groups is 2. The lowest BCUT2D eigenvalue weighted by Gasteiger charge is -2.43. The molecule has 2 saturated heterocycles. The number of amidine groups is 2. The molecule has 418 valence electrons. The quantitative estimate of drug-likeness (QED) is 0.0165. The number of aliphatic hydroxyl groups excluding tert-OH is 2. The first kappa shape index (κ1) is 58.8. The third-order valence-electron chi connectivity index (χ3n) is 12.0. The fourth-order valence-corrected chi connectivity index (χ4v) is 8.60. The number of alkyl halides is 3. The maximum atomic E-state index is 14.5. The van der Waals surface area contributed by atoms with Gasteiger partial charge >= 0.3 is 6.18 Å². The normalized spacial score (nSPS) is 21.0. The van der Waals surface area contributed by atoms with Gasteiger partial charge in [0.05, 0.1) is 80.7 Å². The van der Waals surface area contributed by atoms with Crippen molar-refractivity contribution >= 4 is 76.0 Å².